The number of aromatic carboxylic acids is 1. The first-order chi connectivity index (χ1) is 12.7. The molecule has 1 unspecified atom stereocenters. The van der Waals surface area contributed by atoms with Gasteiger partial charge in [0.2, 0.25) is 0 Å². The summed E-state index contributed by atoms with van der Waals surface area (Å²) in [6.07, 6.45) is 0.790. The maximum atomic E-state index is 12.2. The molecule has 0 saturated heterocycles. The van der Waals surface area contributed by atoms with Crippen LogP contribution in [0.25, 0.3) is 0 Å². The first-order valence-corrected chi connectivity index (χ1v) is 9.41. The van der Waals surface area contributed by atoms with Crippen LogP contribution in [-0.2, 0) is 11.2 Å². The molecule has 1 aliphatic rings. The average molecular weight is 390 g/mol. The average Bonchev–Trinajstić information content (AvgIpc) is 3.11. The first kappa shape index (κ1) is 19.2. The molecule has 8 heteroatoms. The molecule has 2 heterocycles. The van der Waals surface area contributed by atoms with Crippen molar-refractivity contribution in [1.82, 2.24) is 10.3 Å². The second-order valence-electron chi connectivity index (χ2n) is 7.13. The fourth-order valence-corrected chi connectivity index (χ4v) is 3.90. The van der Waals surface area contributed by atoms with Crippen LogP contribution in [0.1, 0.15) is 52.7 Å². The molecule has 1 aromatic heterocycles. The molecule has 7 nitrogen and oxygen atoms in total. The molecule has 1 atom stereocenters. The van der Waals surface area contributed by atoms with Gasteiger partial charge in [-0.25, -0.2) is 9.78 Å². The zero-order chi connectivity index (χ0) is 19.8. The minimum Gasteiger partial charge on any atom is -0.483 e. The van der Waals surface area contributed by atoms with Gasteiger partial charge in [0.25, 0.3) is 5.91 Å². The van der Waals surface area contributed by atoms with Crippen molar-refractivity contribution in [3.8, 4) is 11.5 Å². The van der Waals surface area contributed by atoms with Crippen LogP contribution in [-0.4, -0.2) is 34.2 Å². The fourth-order valence-electron chi connectivity index (χ4n) is 2.99. The summed E-state index contributed by atoms with van der Waals surface area (Å²) in [7, 11) is 0. The molecule has 0 radical (unpaired) electrons. The van der Waals surface area contributed by atoms with Gasteiger partial charge in [-0.05, 0) is 33.8 Å². The van der Waals surface area contributed by atoms with Crippen molar-refractivity contribution in [2.45, 2.75) is 45.8 Å². The van der Waals surface area contributed by atoms with Crippen LogP contribution in [0.5, 0.6) is 11.5 Å². The van der Waals surface area contributed by atoms with Crippen LogP contribution >= 0.6 is 11.3 Å². The van der Waals surface area contributed by atoms with E-state index in [0.717, 1.165) is 23.3 Å². The number of benzene rings is 1. The highest BCUT2D eigenvalue weighted by Crippen LogP contribution is 2.41. The predicted octanol–water partition coefficient (Wildman–Crippen LogP) is 3.12. The van der Waals surface area contributed by atoms with E-state index in [0.29, 0.717) is 22.2 Å². The summed E-state index contributed by atoms with van der Waals surface area (Å²) >= 11 is 1.06. The van der Waals surface area contributed by atoms with Crippen molar-refractivity contribution in [2.24, 2.45) is 0 Å². The van der Waals surface area contributed by atoms with Crippen molar-refractivity contribution in [3.63, 3.8) is 0 Å². The van der Waals surface area contributed by atoms with Gasteiger partial charge in [-0.15, -0.1) is 11.3 Å². The number of hydrogen-bond acceptors (Lipinski definition) is 6. The summed E-state index contributed by atoms with van der Waals surface area (Å²) in [4.78, 5) is 27.8. The lowest BCUT2D eigenvalue weighted by Gasteiger charge is -2.18. The summed E-state index contributed by atoms with van der Waals surface area (Å²) < 4.78 is 11.6. The third-order valence-corrected chi connectivity index (χ3v) is 5.50. The standard InChI is InChI=1S/C19H22N2O5S/c1-10-16(18(23)24)27-17(21-10)11(2)20-14(22)9-25-13-7-5-6-12-8-19(3,4)26-15(12)13/h5-7,11H,8-9H2,1-4H3,(H,20,22)(H,23,24). The van der Waals surface area contributed by atoms with E-state index < -0.39 is 12.0 Å². The Morgan fingerprint density at radius 3 is 2.85 bits per heavy atom. The third-order valence-electron chi connectivity index (χ3n) is 4.17. The number of amides is 1. The number of para-hydroxylation sites is 1. The number of carbonyl (C=O) groups is 2. The van der Waals surface area contributed by atoms with E-state index in [1.165, 1.54) is 0 Å². The molecule has 1 aromatic carbocycles. The van der Waals surface area contributed by atoms with Crippen molar-refractivity contribution < 1.29 is 24.2 Å². The van der Waals surface area contributed by atoms with Gasteiger partial charge in [0, 0.05) is 12.0 Å². The smallest absolute Gasteiger partial charge is 0.347 e. The summed E-state index contributed by atoms with van der Waals surface area (Å²) in [6, 6.07) is 5.24. The molecule has 27 heavy (non-hydrogen) atoms. The molecule has 3 rings (SSSR count). The maximum Gasteiger partial charge on any atom is 0.347 e. The molecule has 2 N–H and O–H groups in total. The monoisotopic (exact) mass is 390 g/mol. The summed E-state index contributed by atoms with van der Waals surface area (Å²) in [5, 5.41) is 12.4. The zero-order valence-corrected chi connectivity index (χ0v) is 16.5. The van der Waals surface area contributed by atoms with Crippen LogP contribution in [0, 0.1) is 6.92 Å². The Bertz CT molecular complexity index is 890. The van der Waals surface area contributed by atoms with E-state index >= 15 is 0 Å². The quantitative estimate of drug-likeness (QED) is 0.786. The molecule has 1 amide bonds. The Morgan fingerprint density at radius 1 is 1.44 bits per heavy atom. The minimum absolute atomic E-state index is 0.166. The van der Waals surface area contributed by atoms with Crippen molar-refractivity contribution >= 4 is 23.2 Å². The molecule has 0 bridgehead atoms. The van der Waals surface area contributed by atoms with Crippen molar-refractivity contribution in [2.75, 3.05) is 6.61 Å². The molecule has 2 aromatic rings. The molecular formula is C19H22N2O5S. The molecule has 144 valence electrons. The molecular weight excluding hydrogens is 368 g/mol. The van der Waals surface area contributed by atoms with Crippen LogP contribution in [0.2, 0.25) is 0 Å². The Balaban J connectivity index is 1.60. The number of carbonyl (C=O) groups excluding carboxylic acids is 1. The fraction of sp³-hybridized carbons (Fsp3) is 0.421. The van der Waals surface area contributed by atoms with Gasteiger partial charge in [0.05, 0.1) is 11.7 Å². The topological polar surface area (TPSA) is 97.8 Å². The molecule has 0 aliphatic carbocycles. The lowest BCUT2D eigenvalue weighted by Crippen LogP contribution is -2.31. The van der Waals surface area contributed by atoms with Crippen molar-refractivity contribution in [1.29, 1.82) is 0 Å². The van der Waals surface area contributed by atoms with Crippen LogP contribution in [0.3, 0.4) is 0 Å². The molecule has 0 fully saturated rings. The highest BCUT2D eigenvalue weighted by Gasteiger charge is 2.32. The van der Waals surface area contributed by atoms with Gasteiger partial charge in [0.15, 0.2) is 18.1 Å². The number of rotatable bonds is 6. The number of carboxylic acids is 1. The lowest BCUT2D eigenvalue weighted by atomic mass is 10.0. The number of nitrogens with zero attached hydrogens (tertiary/aromatic N) is 1. The summed E-state index contributed by atoms with van der Waals surface area (Å²) in [6.45, 7) is 7.24. The predicted molar refractivity (Wildman–Crippen MR) is 101 cm³/mol. The number of fused-ring (bicyclic) bond motifs is 1. The number of aryl methyl sites for hydroxylation is 1. The highest BCUT2D eigenvalue weighted by atomic mass is 32.1. The van der Waals surface area contributed by atoms with Gasteiger partial charge < -0.3 is 19.9 Å². The first-order valence-electron chi connectivity index (χ1n) is 8.60. The number of thiazole rings is 1. The number of carboxylic acid groups (broad SMARTS) is 1. The van der Waals surface area contributed by atoms with E-state index in [9.17, 15) is 9.59 Å². The number of aromatic nitrogens is 1. The zero-order valence-electron chi connectivity index (χ0n) is 15.7. The van der Waals surface area contributed by atoms with Gasteiger partial charge >= 0.3 is 5.97 Å². The molecule has 0 spiro atoms. The number of nitrogens with one attached hydrogen (secondary N) is 1. The minimum atomic E-state index is -1.01. The van der Waals surface area contributed by atoms with Crippen LogP contribution < -0.4 is 14.8 Å². The van der Waals surface area contributed by atoms with E-state index in [2.05, 4.69) is 10.3 Å². The van der Waals surface area contributed by atoms with Crippen molar-refractivity contribution in [3.05, 3.63) is 39.3 Å². The lowest BCUT2D eigenvalue weighted by molar-refractivity contribution is -0.123. The van der Waals surface area contributed by atoms with Gasteiger partial charge in [-0.2, -0.15) is 0 Å². The normalized spacial score (nSPS) is 15.6. The van der Waals surface area contributed by atoms with E-state index in [4.69, 9.17) is 14.6 Å². The van der Waals surface area contributed by atoms with Crippen LogP contribution in [0.4, 0.5) is 0 Å². The van der Waals surface area contributed by atoms with Crippen LogP contribution in [0.15, 0.2) is 18.2 Å². The Morgan fingerprint density at radius 2 is 2.19 bits per heavy atom. The second-order valence-corrected chi connectivity index (χ2v) is 8.16. The van der Waals surface area contributed by atoms with Gasteiger partial charge in [-0.3, -0.25) is 4.79 Å². The maximum absolute atomic E-state index is 12.2. The Labute approximate surface area is 161 Å². The molecule has 0 saturated carbocycles. The number of ether oxygens (including phenoxy) is 2. The summed E-state index contributed by atoms with van der Waals surface area (Å²) in [5.74, 6) is -0.106. The SMILES string of the molecule is Cc1nc(C(C)NC(=O)COc2cccc3c2OC(C)(C)C3)sc1C(=O)O. The summed E-state index contributed by atoms with van der Waals surface area (Å²) in [5.41, 5.74) is 1.22. The van der Waals surface area contributed by atoms with E-state index in [-0.39, 0.29) is 23.0 Å². The van der Waals surface area contributed by atoms with Gasteiger partial charge in [0.1, 0.15) is 15.5 Å². The highest BCUT2D eigenvalue weighted by molar-refractivity contribution is 7.13. The second kappa shape index (κ2) is 7.19. The van der Waals surface area contributed by atoms with Gasteiger partial charge in [-0.1, -0.05) is 12.1 Å². The molecule has 1 aliphatic heterocycles. The number of hydrogen-bond donors (Lipinski definition) is 2. The van der Waals surface area contributed by atoms with E-state index in [1.54, 1.807) is 19.9 Å². The third kappa shape index (κ3) is 4.21. The van der Waals surface area contributed by atoms with E-state index in [1.807, 2.05) is 26.0 Å². The Hall–Kier alpha value is -2.61. The Kier molecular flexibility index (Phi) is 5.10. The largest absolute Gasteiger partial charge is 0.483 e.